The Balaban J connectivity index is 1.66. The molecule has 1 heterocycles. The van der Waals surface area contributed by atoms with Gasteiger partial charge in [-0.2, -0.15) is 0 Å². The van der Waals surface area contributed by atoms with Gasteiger partial charge >= 0.3 is 0 Å². The second-order valence-corrected chi connectivity index (χ2v) is 5.09. The predicted octanol–water partition coefficient (Wildman–Crippen LogP) is 3.79. The van der Waals surface area contributed by atoms with Gasteiger partial charge in [0.05, 0.1) is 4.92 Å². The number of nitro benzene ring substituents is 1. The number of hydrogen-bond donors (Lipinski definition) is 0. The lowest BCUT2D eigenvalue weighted by Crippen LogP contribution is -1.96. The summed E-state index contributed by atoms with van der Waals surface area (Å²) in [5.41, 5.74) is 1.59. The molecule has 0 saturated carbocycles. The van der Waals surface area contributed by atoms with Crippen LogP contribution in [0.25, 0.3) is 11.5 Å². The SMILES string of the molecule is CCc1nnc(-c2ccc(OCc3cccc([N+](=O)[O-])c3)cc2)o1. The Morgan fingerprint density at radius 3 is 2.62 bits per heavy atom. The first-order valence-electron chi connectivity index (χ1n) is 7.44. The molecule has 1 aromatic heterocycles. The highest BCUT2D eigenvalue weighted by Crippen LogP contribution is 2.22. The van der Waals surface area contributed by atoms with E-state index in [0.717, 1.165) is 11.1 Å². The Morgan fingerprint density at radius 1 is 1.17 bits per heavy atom. The molecule has 0 saturated heterocycles. The molecule has 0 amide bonds. The molecule has 3 aromatic rings. The molecule has 0 fully saturated rings. The molecular formula is C17H15N3O4. The van der Waals surface area contributed by atoms with E-state index < -0.39 is 4.92 Å². The molecule has 0 aliphatic heterocycles. The highest BCUT2D eigenvalue weighted by atomic mass is 16.6. The minimum absolute atomic E-state index is 0.0505. The first kappa shape index (κ1) is 15.7. The van der Waals surface area contributed by atoms with Crippen molar-refractivity contribution >= 4 is 5.69 Å². The summed E-state index contributed by atoms with van der Waals surface area (Å²) in [6.45, 7) is 2.20. The topological polar surface area (TPSA) is 91.3 Å². The van der Waals surface area contributed by atoms with Crippen molar-refractivity contribution in [1.29, 1.82) is 0 Å². The Labute approximate surface area is 138 Å². The van der Waals surface area contributed by atoms with E-state index in [4.69, 9.17) is 9.15 Å². The first-order valence-corrected chi connectivity index (χ1v) is 7.44. The second kappa shape index (κ2) is 6.91. The van der Waals surface area contributed by atoms with E-state index in [1.165, 1.54) is 12.1 Å². The van der Waals surface area contributed by atoms with Crippen molar-refractivity contribution in [3.05, 3.63) is 70.1 Å². The van der Waals surface area contributed by atoms with Crippen molar-refractivity contribution in [1.82, 2.24) is 10.2 Å². The lowest BCUT2D eigenvalue weighted by atomic mass is 10.2. The van der Waals surface area contributed by atoms with E-state index in [1.54, 1.807) is 24.3 Å². The fourth-order valence-corrected chi connectivity index (χ4v) is 2.13. The summed E-state index contributed by atoms with van der Waals surface area (Å²) in [7, 11) is 0. The van der Waals surface area contributed by atoms with Crippen molar-refractivity contribution in [3.8, 4) is 17.2 Å². The number of nitrogens with zero attached hydrogens (tertiary/aromatic N) is 3. The number of ether oxygens (including phenoxy) is 1. The molecule has 7 heteroatoms. The Kier molecular flexibility index (Phi) is 4.51. The smallest absolute Gasteiger partial charge is 0.269 e. The van der Waals surface area contributed by atoms with Crippen molar-refractivity contribution < 1.29 is 14.1 Å². The van der Waals surface area contributed by atoms with Gasteiger partial charge in [0.15, 0.2) is 0 Å². The van der Waals surface area contributed by atoms with Crippen LogP contribution in [0, 0.1) is 10.1 Å². The van der Waals surface area contributed by atoms with E-state index in [0.29, 0.717) is 24.0 Å². The largest absolute Gasteiger partial charge is 0.489 e. The van der Waals surface area contributed by atoms with E-state index in [9.17, 15) is 10.1 Å². The number of non-ortho nitro benzene ring substituents is 1. The monoisotopic (exact) mass is 325 g/mol. The first-order chi connectivity index (χ1) is 11.7. The number of nitro groups is 1. The number of rotatable bonds is 6. The van der Waals surface area contributed by atoms with Crippen LogP contribution in [-0.4, -0.2) is 15.1 Å². The van der Waals surface area contributed by atoms with Crippen molar-refractivity contribution in [2.24, 2.45) is 0 Å². The van der Waals surface area contributed by atoms with E-state index >= 15 is 0 Å². The minimum atomic E-state index is -0.423. The number of aromatic nitrogens is 2. The summed E-state index contributed by atoms with van der Waals surface area (Å²) >= 11 is 0. The highest BCUT2D eigenvalue weighted by Gasteiger charge is 2.08. The number of benzene rings is 2. The average Bonchev–Trinajstić information content (AvgIpc) is 3.10. The zero-order valence-corrected chi connectivity index (χ0v) is 13.0. The third-order valence-electron chi connectivity index (χ3n) is 3.40. The lowest BCUT2D eigenvalue weighted by Gasteiger charge is -2.06. The Morgan fingerprint density at radius 2 is 1.96 bits per heavy atom. The lowest BCUT2D eigenvalue weighted by molar-refractivity contribution is -0.384. The van der Waals surface area contributed by atoms with Crippen LogP contribution in [0.1, 0.15) is 18.4 Å². The van der Waals surface area contributed by atoms with Crippen molar-refractivity contribution in [3.63, 3.8) is 0 Å². The zero-order chi connectivity index (χ0) is 16.9. The van der Waals surface area contributed by atoms with Crippen LogP contribution in [0.4, 0.5) is 5.69 Å². The fraction of sp³-hybridized carbons (Fsp3) is 0.176. The molecule has 0 bridgehead atoms. The molecule has 3 rings (SSSR count). The summed E-state index contributed by atoms with van der Waals surface area (Å²) in [5, 5.41) is 18.7. The fourth-order valence-electron chi connectivity index (χ4n) is 2.13. The third kappa shape index (κ3) is 3.57. The Hall–Kier alpha value is -3.22. The Bertz CT molecular complexity index is 843. The molecule has 0 radical (unpaired) electrons. The summed E-state index contributed by atoms with van der Waals surface area (Å²) in [6.07, 6.45) is 0.692. The van der Waals surface area contributed by atoms with Crippen molar-refractivity contribution in [2.75, 3.05) is 0 Å². The molecule has 122 valence electrons. The summed E-state index contributed by atoms with van der Waals surface area (Å²) in [5.74, 6) is 1.72. The molecule has 0 atom stereocenters. The minimum Gasteiger partial charge on any atom is -0.489 e. The van der Waals surface area contributed by atoms with Gasteiger partial charge < -0.3 is 9.15 Å². The highest BCUT2D eigenvalue weighted by molar-refractivity contribution is 5.54. The normalized spacial score (nSPS) is 10.5. The molecule has 0 aliphatic rings. The predicted molar refractivity (Wildman–Crippen MR) is 86.5 cm³/mol. The molecule has 2 aromatic carbocycles. The quantitative estimate of drug-likeness (QED) is 0.506. The summed E-state index contributed by atoms with van der Waals surface area (Å²) in [6, 6.07) is 13.6. The molecule has 7 nitrogen and oxygen atoms in total. The molecular weight excluding hydrogens is 310 g/mol. The van der Waals surface area contributed by atoms with Gasteiger partial charge in [-0.05, 0) is 29.8 Å². The van der Waals surface area contributed by atoms with Gasteiger partial charge in [0.1, 0.15) is 12.4 Å². The van der Waals surface area contributed by atoms with Crippen LogP contribution in [0.5, 0.6) is 5.75 Å². The molecule has 0 aliphatic carbocycles. The van der Waals surface area contributed by atoms with Crippen LogP contribution in [0.2, 0.25) is 0 Å². The summed E-state index contributed by atoms with van der Waals surface area (Å²) in [4.78, 5) is 10.3. The zero-order valence-electron chi connectivity index (χ0n) is 13.0. The van der Waals surface area contributed by atoms with Crippen molar-refractivity contribution in [2.45, 2.75) is 20.0 Å². The van der Waals surface area contributed by atoms with Gasteiger partial charge in [0.2, 0.25) is 11.8 Å². The van der Waals surface area contributed by atoms with Crippen LogP contribution in [0.3, 0.4) is 0 Å². The van der Waals surface area contributed by atoms with E-state index in [-0.39, 0.29) is 12.3 Å². The average molecular weight is 325 g/mol. The van der Waals surface area contributed by atoms with Crippen LogP contribution < -0.4 is 4.74 Å². The maximum atomic E-state index is 10.8. The van der Waals surface area contributed by atoms with Gasteiger partial charge in [-0.15, -0.1) is 10.2 Å². The van der Waals surface area contributed by atoms with E-state index in [1.807, 2.05) is 19.1 Å². The number of hydrogen-bond acceptors (Lipinski definition) is 6. The van der Waals surface area contributed by atoms with Gasteiger partial charge in [-0.25, -0.2) is 0 Å². The number of aryl methyl sites for hydroxylation is 1. The molecule has 0 unspecified atom stereocenters. The van der Waals surface area contributed by atoms with Crippen LogP contribution in [0.15, 0.2) is 52.9 Å². The summed E-state index contributed by atoms with van der Waals surface area (Å²) < 4.78 is 11.2. The third-order valence-corrected chi connectivity index (χ3v) is 3.40. The molecule has 0 N–H and O–H groups in total. The molecule has 0 spiro atoms. The van der Waals surface area contributed by atoms with Crippen LogP contribution in [-0.2, 0) is 13.0 Å². The maximum Gasteiger partial charge on any atom is 0.269 e. The standard InChI is InChI=1S/C17H15N3O4/c1-2-16-18-19-17(24-16)13-6-8-15(9-7-13)23-11-12-4-3-5-14(10-12)20(21)22/h3-10H,2,11H2,1H3. The van der Waals surface area contributed by atoms with E-state index in [2.05, 4.69) is 10.2 Å². The van der Waals surface area contributed by atoms with Gasteiger partial charge in [-0.3, -0.25) is 10.1 Å². The molecule has 24 heavy (non-hydrogen) atoms. The van der Waals surface area contributed by atoms with Crippen LogP contribution >= 0.6 is 0 Å². The maximum absolute atomic E-state index is 10.8. The van der Waals surface area contributed by atoms with Gasteiger partial charge in [0, 0.05) is 24.1 Å². The van der Waals surface area contributed by atoms with Gasteiger partial charge in [-0.1, -0.05) is 19.1 Å². The van der Waals surface area contributed by atoms with Gasteiger partial charge in [0.25, 0.3) is 5.69 Å². The second-order valence-electron chi connectivity index (χ2n) is 5.09.